The summed E-state index contributed by atoms with van der Waals surface area (Å²) in [4.78, 5) is 6.21. The minimum absolute atomic E-state index is 0.0306. The third-order valence-corrected chi connectivity index (χ3v) is 4.81. The van der Waals surface area contributed by atoms with Gasteiger partial charge in [0.1, 0.15) is 5.01 Å². The molecular weight excluding hydrogens is 244 g/mol. The maximum atomic E-state index is 5.72. The lowest BCUT2D eigenvalue weighted by Crippen LogP contribution is -2.49. The van der Waals surface area contributed by atoms with Crippen LogP contribution in [0, 0.1) is 6.92 Å². The van der Waals surface area contributed by atoms with Crippen LogP contribution >= 0.6 is 11.3 Å². The first-order chi connectivity index (χ1) is 8.72. The van der Waals surface area contributed by atoms with Gasteiger partial charge in [-0.2, -0.15) is 0 Å². The van der Waals surface area contributed by atoms with Crippen LogP contribution < -0.4 is 5.32 Å². The Labute approximate surface area is 114 Å². The fourth-order valence-corrected chi connectivity index (χ4v) is 3.69. The quantitative estimate of drug-likeness (QED) is 0.891. The van der Waals surface area contributed by atoms with E-state index >= 15 is 0 Å². The fraction of sp³-hybridized carbons (Fsp3) is 0.786. The standard InChI is InChI=1S/C14H24N2OS/c1-4-8-15-14(7-6-9-17-10-14)13-16-12(5-2)11(3)18-13/h15H,4-10H2,1-3H3. The van der Waals surface area contributed by atoms with Gasteiger partial charge in [0.2, 0.25) is 0 Å². The van der Waals surface area contributed by atoms with E-state index in [4.69, 9.17) is 9.72 Å². The van der Waals surface area contributed by atoms with E-state index in [1.54, 1.807) is 0 Å². The van der Waals surface area contributed by atoms with Gasteiger partial charge in [-0.05, 0) is 39.2 Å². The molecule has 0 spiro atoms. The van der Waals surface area contributed by atoms with Crippen molar-refractivity contribution >= 4 is 11.3 Å². The predicted molar refractivity (Wildman–Crippen MR) is 76.3 cm³/mol. The molecule has 1 aromatic heterocycles. The average Bonchev–Trinajstić information content (AvgIpc) is 2.79. The zero-order chi connectivity index (χ0) is 13.0. The van der Waals surface area contributed by atoms with Gasteiger partial charge >= 0.3 is 0 Å². The predicted octanol–water partition coefficient (Wildman–Crippen LogP) is 3.02. The van der Waals surface area contributed by atoms with Crippen molar-refractivity contribution in [2.24, 2.45) is 0 Å². The number of thiazole rings is 1. The molecule has 0 amide bonds. The van der Waals surface area contributed by atoms with Crippen molar-refractivity contribution in [1.82, 2.24) is 10.3 Å². The highest BCUT2D eigenvalue weighted by Crippen LogP contribution is 2.34. The Balaban J connectivity index is 2.26. The number of ether oxygens (including phenoxy) is 1. The maximum absolute atomic E-state index is 5.72. The Morgan fingerprint density at radius 1 is 1.44 bits per heavy atom. The third kappa shape index (κ3) is 2.76. The van der Waals surface area contributed by atoms with Gasteiger partial charge < -0.3 is 10.1 Å². The summed E-state index contributed by atoms with van der Waals surface area (Å²) in [5.74, 6) is 0. The van der Waals surface area contributed by atoms with Crippen LogP contribution in [0.1, 0.15) is 48.7 Å². The lowest BCUT2D eigenvalue weighted by Gasteiger charge is -2.36. The first-order valence-corrected chi connectivity index (χ1v) is 7.83. The van der Waals surface area contributed by atoms with Gasteiger partial charge in [-0.15, -0.1) is 11.3 Å². The second-order valence-corrected chi connectivity index (χ2v) is 6.24. The lowest BCUT2D eigenvalue weighted by atomic mass is 9.93. The highest BCUT2D eigenvalue weighted by molar-refractivity contribution is 7.11. The molecule has 0 bridgehead atoms. The van der Waals surface area contributed by atoms with Crippen molar-refractivity contribution < 1.29 is 4.74 Å². The van der Waals surface area contributed by atoms with E-state index in [9.17, 15) is 0 Å². The Bertz CT molecular complexity index is 383. The van der Waals surface area contributed by atoms with Crippen molar-refractivity contribution in [3.05, 3.63) is 15.6 Å². The van der Waals surface area contributed by atoms with Gasteiger partial charge in [-0.25, -0.2) is 4.98 Å². The second-order valence-electron chi connectivity index (χ2n) is 5.04. The molecular formula is C14H24N2OS. The summed E-state index contributed by atoms with van der Waals surface area (Å²) in [5.41, 5.74) is 1.22. The summed E-state index contributed by atoms with van der Waals surface area (Å²) < 4.78 is 5.72. The normalized spacial score (nSPS) is 24.4. The highest BCUT2D eigenvalue weighted by Gasteiger charge is 2.37. The topological polar surface area (TPSA) is 34.2 Å². The molecule has 1 N–H and O–H groups in total. The largest absolute Gasteiger partial charge is 0.379 e. The van der Waals surface area contributed by atoms with Crippen LogP contribution in [0.15, 0.2) is 0 Å². The molecule has 3 nitrogen and oxygen atoms in total. The van der Waals surface area contributed by atoms with Gasteiger partial charge in [0.15, 0.2) is 0 Å². The summed E-state index contributed by atoms with van der Waals surface area (Å²) in [6.45, 7) is 9.24. The van der Waals surface area contributed by atoms with Gasteiger partial charge in [0.25, 0.3) is 0 Å². The number of nitrogens with one attached hydrogen (secondary N) is 1. The minimum Gasteiger partial charge on any atom is -0.379 e. The van der Waals surface area contributed by atoms with Crippen LogP contribution in [-0.2, 0) is 16.7 Å². The summed E-state index contributed by atoms with van der Waals surface area (Å²) >= 11 is 1.84. The molecule has 2 rings (SSSR count). The zero-order valence-corrected chi connectivity index (χ0v) is 12.5. The molecule has 4 heteroatoms. The first kappa shape index (κ1) is 14.0. The van der Waals surface area contributed by atoms with E-state index in [1.165, 1.54) is 15.6 Å². The minimum atomic E-state index is -0.0306. The molecule has 1 aromatic rings. The summed E-state index contributed by atoms with van der Waals surface area (Å²) in [6.07, 6.45) is 4.43. The second kappa shape index (κ2) is 6.13. The molecule has 1 aliphatic rings. The smallest absolute Gasteiger partial charge is 0.116 e. The molecule has 0 aromatic carbocycles. The summed E-state index contributed by atoms with van der Waals surface area (Å²) in [7, 11) is 0. The number of hydrogen-bond donors (Lipinski definition) is 1. The van der Waals surface area contributed by atoms with Gasteiger partial charge in [0.05, 0.1) is 17.8 Å². The van der Waals surface area contributed by atoms with Crippen LogP contribution in [0.5, 0.6) is 0 Å². The molecule has 0 saturated carbocycles. The van der Waals surface area contributed by atoms with E-state index in [2.05, 4.69) is 26.1 Å². The maximum Gasteiger partial charge on any atom is 0.116 e. The van der Waals surface area contributed by atoms with Gasteiger partial charge in [-0.1, -0.05) is 13.8 Å². The van der Waals surface area contributed by atoms with E-state index in [0.29, 0.717) is 0 Å². The van der Waals surface area contributed by atoms with Crippen LogP contribution in [0.4, 0.5) is 0 Å². The molecule has 1 aliphatic heterocycles. The highest BCUT2D eigenvalue weighted by atomic mass is 32.1. The number of hydrogen-bond acceptors (Lipinski definition) is 4. The Morgan fingerprint density at radius 2 is 2.28 bits per heavy atom. The van der Waals surface area contributed by atoms with Crippen molar-refractivity contribution in [3.63, 3.8) is 0 Å². The van der Waals surface area contributed by atoms with Crippen LogP contribution in [0.3, 0.4) is 0 Å². The average molecular weight is 268 g/mol. The number of rotatable bonds is 5. The SMILES string of the molecule is CCCNC1(c2nc(CC)c(C)s2)CCCOC1. The van der Waals surface area contributed by atoms with E-state index in [-0.39, 0.29) is 5.54 Å². The lowest BCUT2D eigenvalue weighted by molar-refractivity contribution is 0.0181. The summed E-state index contributed by atoms with van der Waals surface area (Å²) in [5, 5.41) is 4.92. The molecule has 0 radical (unpaired) electrons. The molecule has 2 heterocycles. The molecule has 18 heavy (non-hydrogen) atoms. The van der Waals surface area contributed by atoms with Crippen LogP contribution in [0.25, 0.3) is 0 Å². The Kier molecular flexibility index (Phi) is 4.76. The molecule has 1 saturated heterocycles. The Hall–Kier alpha value is -0.450. The fourth-order valence-electron chi connectivity index (χ4n) is 2.50. The van der Waals surface area contributed by atoms with Gasteiger partial charge in [-0.3, -0.25) is 0 Å². The monoisotopic (exact) mass is 268 g/mol. The van der Waals surface area contributed by atoms with Crippen molar-refractivity contribution in [3.8, 4) is 0 Å². The number of nitrogens with zero attached hydrogens (tertiary/aromatic N) is 1. The van der Waals surface area contributed by atoms with Gasteiger partial charge in [0, 0.05) is 11.5 Å². The summed E-state index contributed by atoms with van der Waals surface area (Å²) in [6, 6.07) is 0. The van der Waals surface area contributed by atoms with E-state index in [1.807, 2.05) is 11.3 Å². The molecule has 1 atom stereocenters. The van der Waals surface area contributed by atoms with Crippen molar-refractivity contribution in [2.45, 2.75) is 52.0 Å². The molecule has 1 fully saturated rings. The van der Waals surface area contributed by atoms with Crippen molar-refractivity contribution in [1.29, 1.82) is 0 Å². The zero-order valence-electron chi connectivity index (χ0n) is 11.7. The van der Waals surface area contributed by atoms with E-state index in [0.717, 1.165) is 45.4 Å². The van der Waals surface area contributed by atoms with E-state index < -0.39 is 0 Å². The number of aromatic nitrogens is 1. The number of aryl methyl sites for hydroxylation is 2. The first-order valence-electron chi connectivity index (χ1n) is 7.01. The van der Waals surface area contributed by atoms with Crippen LogP contribution in [0.2, 0.25) is 0 Å². The van der Waals surface area contributed by atoms with Crippen molar-refractivity contribution in [2.75, 3.05) is 19.8 Å². The Morgan fingerprint density at radius 3 is 2.83 bits per heavy atom. The molecule has 1 unspecified atom stereocenters. The third-order valence-electron chi connectivity index (χ3n) is 3.59. The van der Waals surface area contributed by atoms with Crippen LogP contribution in [-0.4, -0.2) is 24.7 Å². The molecule has 102 valence electrons. The molecule has 0 aliphatic carbocycles.